The van der Waals surface area contributed by atoms with Crippen LogP contribution in [0.25, 0.3) is 0 Å². The van der Waals surface area contributed by atoms with Crippen molar-refractivity contribution >= 4 is 5.91 Å². The Kier molecular flexibility index (Phi) is 3.50. The van der Waals surface area contributed by atoms with E-state index in [1.54, 1.807) is 38.7 Å². The molecule has 0 aliphatic rings. The molecule has 8 heteroatoms. The van der Waals surface area contributed by atoms with E-state index in [0.29, 0.717) is 18.9 Å². The quantitative estimate of drug-likeness (QED) is 0.728. The predicted molar refractivity (Wildman–Crippen MR) is 74.2 cm³/mol. The minimum atomic E-state index is -0.213. The highest BCUT2D eigenvalue weighted by Gasteiger charge is 2.10. The Labute approximate surface area is 121 Å². The summed E-state index contributed by atoms with van der Waals surface area (Å²) in [6.07, 6.45) is 6.98. The van der Waals surface area contributed by atoms with Crippen LogP contribution in [-0.2, 0) is 20.3 Å². The minimum absolute atomic E-state index is 0.213. The van der Waals surface area contributed by atoms with Gasteiger partial charge in [0, 0.05) is 31.8 Å². The Morgan fingerprint density at radius 2 is 2.10 bits per heavy atom. The Balaban J connectivity index is 1.60. The maximum Gasteiger partial charge on any atom is 0.272 e. The number of aryl methyl sites for hydroxylation is 1. The summed E-state index contributed by atoms with van der Waals surface area (Å²) in [6.45, 7) is 0.892. The average Bonchev–Trinajstić information content (AvgIpc) is 3.19. The van der Waals surface area contributed by atoms with E-state index in [0.717, 1.165) is 5.69 Å². The van der Waals surface area contributed by atoms with E-state index >= 15 is 0 Å². The Bertz CT molecular complexity index is 725. The summed E-state index contributed by atoms with van der Waals surface area (Å²) in [5, 5.41) is 15.2. The fourth-order valence-electron chi connectivity index (χ4n) is 1.93. The number of carbonyl (C=O) groups excluding carboxylic acids is 1. The maximum atomic E-state index is 12.0. The van der Waals surface area contributed by atoms with Gasteiger partial charge in [-0.25, -0.2) is 0 Å². The van der Waals surface area contributed by atoms with Gasteiger partial charge in [-0.3, -0.25) is 18.8 Å². The van der Waals surface area contributed by atoms with Crippen molar-refractivity contribution in [1.82, 2.24) is 34.7 Å². The van der Waals surface area contributed by atoms with Crippen molar-refractivity contribution in [2.24, 2.45) is 7.05 Å². The van der Waals surface area contributed by atoms with Crippen molar-refractivity contribution in [3.8, 4) is 0 Å². The Hall–Kier alpha value is -2.90. The summed E-state index contributed by atoms with van der Waals surface area (Å²) >= 11 is 0. The molecule has 108 valence electrons. The van der Waals surface area contributed by atoms with Crippen molar-refractivity contribution in [1.29, 1.82) is 0 Å². The first-order chi connectivity index (χ1) is 10.2. The van der Waals surface area contributed by atoms with Gasteiger partial charge in [0.2, 0.25) is 0 Å². The van der Waals surface area contributed by atoms with Crippen LogP contribution in [0.1, 0.15) is 16.2 Å². The van der Waals surface area contributed by atoms with Gasteiger partial charge in [-0.15, -0.1) is 0 Å². The third-order valence-electron chi connectivity index (χ3n) is 3.07. The number of rotatable bonds is 5. The third kappa shape index (κ3) is 2.99. The second kappa shape index (κ2) is 5.61. The van der Waals surface area contributed by atoms with Crippen molar-refractivity contribution < 1.29 is 4.79 Å². The van der Waals surface area contributed by atoms with E-state index in [9.17, 15) is 4.79 Å². The molecule has 3 aromatic heterocycles. The van der Waals surface area contributed by atoms with Gasteiger partial charge in [-0.2, -0.15) is 15.3 Å². The maximum absolute atomic E-state index is 12.0. The van der Waals surface area contributed by atoms with E-state index < -0.39 is 0 Å². The molecule has 21 heavy (non-hydrogen) atoms. The van der Waals surface area contributed by atoms with Crippen LogP contribution in [0.2, 0.25) is 0 Å². The summed E-state index contributed by atoms with van der Waals surface area (Å²) in [4.78, 5) is 12.0. The predicted octanol–water partition coefficient (Wildman–Crippen LogP) is 0.249. The van der Waals surface area contributed by atoms with Gasteiger partial charge in [0.25, 0.3) is 5.91 Å². The molecule has 0 aliphatic carbocycles. The molecule has 3 heterocycles. The molecular formula is C13H15N7O. The highest BCUT2D eigenvalue weighted by atomic mass is 16.1. The molecule has 1 amide bonds. The molecule has 0 spiro atoms. The first-order valence-electron chi connectivity index (χ1n) is 6.48. The van der Waals surface area contributed by atoms with Crippen molar-refractivity contribution in [3.05, 3.63) is 54.4 Å². The third-order valence-corrected chi connectivity index (χ3v) is 3.07. The van der Waals surface area contributed by atoms with Gasteiger partial charge in [0.1, 0.15) is 12.4 Å². The molecule has 8 nitrogen and oxygen atoms in total. The van der Waals surface area contributed by atoms with Crippen LogP contribution in [0.4, 0.5) is 0 Å². The van der Waals surface area contributed by atoms with Gasteiger partial charge in [-0.1, -0.05) is 0 Å². The minimum Gasteiger partial charge on any atom is -0.345 e. The normalized spacial score (nSPS) is 10.7. The molecule has 0 aliphatic heterocycles. The fourth-order valence-corrected chi connectivity index (χ4v) is 1.93. The molecule has 3 rings (SSSR count). The van der Waals surface area contributed by atoms with Crippen LogP contribution in [0.3, 0.4) is 0 Å². The summed E-state index contributed by atoms with van der Waals surface area (Å²) in [5.41, 5.74) is 1.31. The molecule has 0 atom stereocenters. The van der Waals surface area contributed by atoms with Crippen molar-refractivity contribution in [3.63, 3.8) is 0 Å². The first-order valence-corrected chi connectivity index (χ1v) is 6.48. The molecule has 0 unspecified atom stereocenters. The molecule has 0 radical (unpaired) electrons. The fraction of sp³-hybridized carbons (Fsp3) is 0.231. The average molecular weight is 285 g/mol. The second-order valence-corrected chi connectivity index (χ2v) is 4.56. The lowest BCUT2D eigenvalue weighted by Crippen LogP contribution is -2.24. The number of hydrogen-bond acceptors (Lipinski definition) is 4. The summed E-state index contributed by atoms with van der Waals surface area (Å²) in [7, 11) is 1.83. The van der Waals surface area contributed by atoms with Crippen molar-refractivity contribution in [2.45, 2.75) is 13.2 Å². The standard InChI is InChI=1S/C13H15N7O/c1-18-11(3-6-15-18)9-14-13(21)12-4-8-20(17-12)10-19-7-2-5-16-19/h2-8H,9-10H2,1H3,(H,14,21). The van der Waals surface area contributed by atoms with Gasteiger partial charge in [0.15, 0.2) is 0 Å². The zero-order valence-corrected chi connectivity index (χ0v) is 11.5. The molecule has 0 saturated heterocycles. The zero-order chi connectivity index (χ0) is 14.7. The van der Waals surface area contributed by atoms with E-state index in [1.807, 2.05) is 25.4 Å². The molecule has 0 aromatic carbocycles. The lowest BCUT2D eigenvalue weighted by atomic mass is 10.3. The smallest absolute Gasteiger partial charge is 0.272 e. The SMILES string of the molecule is Cn1nccc1CNC(=O)c1ccn(Cn2cccn2)n1. The number of nitrogens with zero attached hydrogens (tertiary/aromatic N) is 6. The van der Waals surface area contributed by atoms with Gasteiger partial charge >= 0.3 is 0 Å². The summed E-state index contributed by atoms with van der Waals surface area (Å²) < 4.78 is 5.10. The molecule has 0 saturated carbocycles. The largest absolute Gasteiger partial charge is 0.345 e. The van der Waals surface area contributed by atoms with Gasteiger partial charge in [-0.05, 0) is 18.2 Å². The highest BCUT2D eigenvalue weighted by Crippen LogP contribution is 1.99. The van der Waals surface area contributed by atoms with Crippen LogP contribution >= 0.6 is 0 Å². The summed E-state index contributed by atoms with van der Waals surface area (Å²) in [5.74, 6) is -0.213. The van der Waals surface area contributed by atoms with Crippen LogP contribution in [0.5, 0.6) is 0 Å². The van der Waals surface area contributed by atoms with Crippen LogP contribution in [0.15, 0.2) is 43.0 Å². The zero-order valence-electron chi connectivity index (χ0n) is 11.5. The molecule has 3 aromatic rings. The number of amides is 1. The van der Waals surface area contributed by atoms with Crippen LogP contribution in [-0.4, -0.2) is 35.2 Å². The van der Waals surface area contributed by atoms with Crippen LogP contribution in [0, 0.1) is 0 Å². The van der Waals surface area contributed by atoms with Gasteiger partial charge < -0.3 is 5.32 Å². The molecular weight excluding hydrogens is 270 g/mol. The second-order valence-electron chi connectivity index (χ2n) is 4.56. The number of hydrogen-bond donors (Lipinski definition) is 1. The van der Waals surface area contributed by atoms with E-state index in [1.165, 1.54) is 0 Å². The molecule has 0 fully saturated rings. The lowest BCUT2D eigenvalue weighted by Gasteiger charge is -2.04. The van der Waals surface area contributed by atoms with Crippen molar-refractivity contribution in [2.75, 3.05) is 0 Å². The van der Waals surface area contributed by atoms with E-state index in [-0.39, 0.29) is 5.91 Å². The first kappa shape index (κ1) is 13.1. The highest BCUT2D eigenvalue weighted by molar-refractivity contribution is 5.92. The molecule has 0 bridgehead atoms. The number of aromatic nitrogens is 6. The van der Waals surface area contributed by atoms with E-state index in [2.05, 4.69) is 20.6 Å². The number of carbonyl (C=O) groups is 1. The lowest BCUT2D eigenvalue weighted by molar-refractivity contribution is 0.0944. The Morgan fingerprint density at radius 3 is 2.81 bits per heavy atom. The van der Waals surface area contributed by atoms with E-state index in [4.69, 9.17) is 0 Å². The van der Waals surface area contributed by atoms with Crippen LogP contribution < -0.4 is 5.32 Å². The number of nitrogens with one attached hydrogen (secondary N) is 1. The summed E-state index contributed by atoms with van der Waals surface area (Å²) in [6, 6.07) is 5.38. The molecule has 1 N–H and O–H groups in total. The Morgan fingerprint density at radius 1 is 1.19 bits per heavy atom. The topological polar surface area (TPSA) is 82.6 Å². The monoisotopic (exact) mass is 285 g/mol. The van der Waals surface area contributed by atoms with Gasteiger partial charge in [0.05, 0.1) is 12.2 Å².